The normalized spacial score (nSPS) is 14.6. The molecule has 0 saturated carbocycles. The summed E-state index contributed by atoms with van der Waals surface area (Å²) in [7, 11) is 0. The summed E-state index contributed by atoms with van der Waals surface area (Å²) < 4.78 is 13.4. The first-order valence-corrected chi connectivity index (χ1v) is 10.9. The van der Waals surface area contributed by atoms with Crippen molar-refractivity contribution >= 4 is 5.91 Å². The van der Waals surface area contributed by atoms with Crippen LogP contribution in [0.4, 0.5) is 0 Å². The van der Waals surface area contributed by atoms with Crippen LogP contribution in [-0.2, 0) is 6.42 Å². The Bertz CT molecular complexity index is 1250. The van der Waals surface area contributed by atoms with Crippen molar-refractivity contribution in [3.8, 4) is 17.2 Å². The first-order valence-electron chi connectivity index (χ1n) is 10.9. The number of carbonyl (C=O) groups excluding carboxylic acids is 1. The molecule has 0 aliphatic carbocycles. The Balaban J connectivity index is 1.33. The molecule has 33 heavy (non-hydrogen) atoms. The van der Waals surface area contributed by atoms with Crippen molar-refractivity contribution in [2.45, 2.75) is 19.4 Å². The fourth-order valence-electron chi connectivity index (χ4n) is 3.68. The van der Waals surface area contributed by atoms with Gasteiger partial charge in [-0.25, -0.2) is 9.67 Å². The third-order valence-electron chi connectivity index (χ3n) is 5.42. The molecule has 0 fully saturated rings. The van der Waals surface area contributed by atoms with E-state index < -0.39 is 0 Å². The van der Waals surface area contributed by atoms with Crippen LogP contribution in [0.5, 0.6) is 11.5 Å². The van der Waals surface area contributed by atoms with Crippen LogP contribution < -0.4 is 14.8 Å². The van der Waals surface area contributed by atoms with Crippen LogP contribution in [0.15, 0.2) is 78.9 Å². The monoisotopic (exact) mass is 440 g/mol. The van der Waals surface area contributed by atoms with E-state index in [1.807, 2.05) is 85.8 Å². The van der Waals surface area contributed by atoms with E-state index in [-0.39, 0.29) is 17.8 Å². The summed E-state index contributed by atoms with van der Waals surface area (Å²) in [6.45, 7) is 2.69. The number of benzene rings is 3. The lowest BCUT2D eigenvalue weighted by Gasteiger charge is -2.26. The molecule has 4 aromatic rings. The standard InChI is InChI=1S/C26H24N4O3/c1-18-11-13-20(14-12-18)30-24(15-19-7-3-2-4-8-19)28-25(29-30)26(31)27-16-21-17-32-22-9-5-6-10-23(22)33-21/h2-14,21H,15-17H2,1H3,(H,27,31). The molecule has 5 rings (SSSR count). The summed E-state index contributed by atoms with van der Waals surface area (Å²) in [6.07, 6.45) is 0.276. The number of aromatic nitrogens is 3. The van der Waals surface area contributed by atoms with E-state index in [0.717, 1.165) is 16.8 Å². The lowest BCUT2D eigenvalue weighted by Crippen LogP contribution is -2.41. The molecule has 1 amide bonds. The average molecular weight is 441 g/mol. The second-order valence-corrected chi connectivity index (χ2v) is 7.97. The summed E-state index contributed by atoms with van der Waals surface area (Å²) in [5.74, 6) is 1.86. The van der Waals surface area contributed by atoms with Crippen molar-refractivity contribution < 1.29 is 14.3 Å². The van der Waals surface area contributed by atoms with Gasteiger partial charge in [0.2, 0.25) is 5.82 Å². The van der Waals surface area contributed by atoms with Gasteiger partial charge in [0, 0.05) is 6.42 Å². The Morgan fingerprint density at radius 3 is 2.52 bits per heavy atom. The van der Waals surface area contributed by atoms with E-state index in [1.165, 1.54) is 0 Å². The minimum Gasteiger partial charge on any atom is -0.486 e. The van der Waals surface area contributed by atoms with Crippen molar-refractivity contribution in [3.63, 3.8) is 0 Å². The van der Waals surface area contributed by atoms with Crippen molar-refractivity contribution in [3.05, 3.63) is 102 Å². The first-order chi connectivity index (χ1) is 16.2. The highest BCUT2D eigenvalue weighted by Gasteiger charge is 2.23. The number of aryl methyl sites for hydroxylation is 1. The molecule has 7 heteroatoms. The molecular formula is C26H24N4O3. The summed E-state index contributed by atoms with van der Waals surface area (Å²) >= 11 is 0. The molecule has 1 N–H and O–H groups in total. The van der Waals surface area contributed by atoms with E-state index in [4.69, 9.17) is 9.47 Å². The maximum absolute atomic E-state index is 12.9. The van der Waals surface area contributed by atoms with Gasteiger partial charge in [-0.15, -0.1) is 5.10 Å². The second kappa shape index (κ2) is 9.16. The number of hydrogen-bond acceptors (Lipinski definition) is 5. The molecule has 0 saturated heterocycles. The molecule has 3 aromatic carbocycles. The number of carbonyl (C=O) groups is 1. The highest BCUT2D eigenvalue weighted by atomic mass is 16.6. The molecule has 0 bridgehead atoms. The van der Waals surface area contributed by atoms with Gasteiger partial charge in [0.25, 0.3) is 5.91 Å². The van der Waals surface area contributed by atoms with Gasteiger partial charge in [0.15, 0.2) is 11.5 Å². The maximum Gasteiger partial charge on any atom is 0.291 e. The molecule has 0 radical (unpaired) electrons. The molecule has 1 unspecified atom stereocenters. The SMILES string of the molecule is Cc1ccc(-n2nc(C(=O)NCC3COc4ccccc4O3)nc2Cc2ccccc2)cc1. The Labute approximate surface area is 192 Å². The lowest BCUT2D eigenvalue weighted by molar-refractivity contribution is 0.0783. The molecule has 1 aromatic heterocycles. The summed E-state index contributed by atoms with van der Waals surface area (Å²) in [4.78, 5) is 17.5. The lowest BCUT2D eigenvalue weighted by atomic mass is 10.1. The number of amides is 1. The molecule has 166 valence electrons. The van der Waals surface area contributed by atoms with Crippen LogP contribution in [0.3, 0.4) is 0 Å². The fraction of sp³-hybridized carbons (Fsp3) is 0.192. The number of fused-ring (bicyclic) bond motifs is 1. The van der Waals surface area contributed by atoms with Crippen molar-refractivity contribution in [1.29, 1.82) is 0 Å². The smallest absolute Gasteiger partial charge is 0.291 e. The van der Waals surface area contributed by atoms with Gasteiger partial charge in [0.05, 0.1) is 12.2 Å². The molecule has 7 nitrogen and oxygen atoms in total. The predicted molar refractivity (Wildman–Crippen MR) is 124 cm³/mol. The number of para-hydroxylation sites is 2. The summed E-state index contributed by atoms with van der Waals surface area (Å²) in [5.41, 5.74) is 3.10. The first kappa shape index (κ1) is 20.8. The third-order valence-corrected chi connectivity index (χ3v) is 5.42. The van der Waals surface area contributed by atoms with Gasteiger partial charge in [0.1, 0.15) is 18.5 Å². The van der Waals surface area contributed by atoms with Gasteiger partial charge in [-0.3, -0.25) is 4.79 Å². The van der Waals surface area contributed by atoms with E-state index in [1.54, 1.807) is 4.68 Å². The number of hydrogen-bond donors (Lipinski definition) is 1. The largest absolute Gasteiger partial charge is 0.486 e. The fourth-order valence-corrected chi connectivity index (χ4v) is 3.68. The predicted octanol–water partition coefficient (Wildman–Crippen LogP) is 3.74. The van der Waals surface area contributed by atoms with Crippen LogP contribution >= 0.6 is 0 Å². The Morgan fingerprint density at radius 2 is 1.73 bits per heavy atom. The molecule has 1 atom stereocenters. The number of nitrogens with one attached hydrogen (secondary N) is 1. The van der Waals surface area contributed by atoms with Gasteiger partial charge < -0.3 is 14.8 Å². The molecule has 2 heterocycles. The van der Waals surface area contributed by atoms with Crippen molar-refractivity contribution in [2.24, 2.45) is 0 Å². The highest BCUT2D eigenvalue weighted by molar-refractivity contribution is 5.90. The van der Waals surface area contributed by atoms with E-state index >= 15 is 0 Å². The van der Waals surface area contributed by atoms with Crippen LogP contribution in [0.2, 0.25) is 0 Å². The Kier molecular flexibility index (Phi) is 5.76. The minimum absolute atomic E-state index is 0.124. The quantitative estimate of drug-likeness (QED) is 0.494. The van der Waals surface area contributed by atoms with Gasteiger partial charge in [-0.2, -0.15) is 0 Å². The molecule has 0 spiro atoms. The topological polar surface area (TPSA) is 78.3 Å². The van der Waals surface area contributed by atoms with Crippen LogP contribution in [0, 0.1) is 6.92 Å². The van der Waals surface area contributed by atoms with E-state index in [9.17, 15) is 4.79 Å². The zero-order valence-electron chi connectivity index (χ0n) is 18.3. The zero-order valence-corrected chi connectivity index (χ0v) is 18.3. The Morgan fingerprint density at radius 1 is 1.00 bits per heavy atom. The minimum atomic E-state index is -0.349. The van der Waals surface area contributed by atoms with Crippen LogP contribution in [-0.4, -0.2) is 39.9 Å². The molecule has 1 aliphatic heterocycles. The number of rotatable bonds is 6. The van der Waals surface area contributed by atoms with Gasteiger partial charge in [-0.1, -0.05) is 60.2 Å². The van der Waals surface area contributed by atoms with Crippen LogP contribution in [0.25, 0.3) is 5.69 Å². The zero-order chi connectivity index (χ0) is 22.6. The third kappa shape index (κ3) is 4.72. The number of nitrogens with zero attached hydrogens (tertiary/aromatic N) is 3. The maximum atomic E-state index is 12.9. The Hall–Kier alpha value is -4.13. The van der Waals surface area contributed by atoms with Gasteiger partial charge in [-0.05, 0) is 36.8 Å². The van der Waals surface area contributed by atoms with E-state index in [2.05, 4.69) is 15.4 Å². The molecule has 1 aliphatic rings. The van der Waals surface area contributed by atoms with E-state index in [0.29, 0.717) is 36.9 Å². The summed E-state index contributed by atoms with van der Waals surface area (Å²) in [6, 6.07) is 25.5. The summed E-state index contributed by atoms with van der Waals surface area (Å²) in [5, 5.41) is 7.41. The van der Waals surface area contributed by atoms with Crippen molar-refractivity contribution in [1.82, 2.24) is 20.1 Å². The average Bonchev–Trinajstić information content (AvgIpc) is 3.27. The second-order valence-electron chi connectivity index (χ2n) is 7.97. The molecular weight excluding hydrogens is 416 g/mol. The van der Waals surface area contributed by atoms with Crippen LogP contribution in [0.1, 0.15) is 27.6 Å². The van der Waals surface area contributed by atoms with Gasteiger partial charge >= 0.3 is 0 Å². The van der Waals surface area contributed by atoms with Crippen molar-refractivity contribution in [2.75, 3.05) is 13.2 Å². The highest BCUT2D eigenvalue weighted by Crippen LogP contribution is 2.30. The number of ether oxygens (including phenoxy) is 2.